The number of halogens is 3. The highest BCUT2D eigenvalue weighted by molar-refractivity contribution is 5.30. The maximum Gasteiger partial charge on any atom is 0.416 e. The minimum atomic E-state index is -4.31. The van der Waals surface area contributed by atoms with Gasteiger partial charge < -0.3 is 0 Å². The lowest BCUT2D eigenvalue weighted by Crippen LogP contribution is -2.46. The molecule has 3 heterocycles. The summed E-state index contributed by atoms with van der Waals surface area (Å²) < 4.78 is 41.3. The van der Waals surface area contributed by atoms with Gasteiger partial charge in [0.25, 0.3) is 0 Å². The van der Waals surface area contributed by atoms with Crippen molar-refractivity contribution in [3.63, 3.8) is 0 Å². The van der Waals surface area contributed by atoms with Gasteiger partial charge in [0.1, 0.15) is 0 Å². The number of benzene rings is 1. The third kappa shape index (κ3) is 4.49. The first-order valence-electron chi connectivity index (χ1n) is 10.2. The number of hydrazine groups is 1. The summed E-state index contributed by atoms with van der Waals surface area (Å²) in [6.07, 6.45) is -0.0667. The van der Waals surface area contributed by atoms with Gasteiger partial charge in [-0.05, 0) is 43.9 Å². The van der Waals surface area contributed by atoms with Crippen molar-refractivity contribution in [1.29, 1.82) is 0 Å². The van der Waals surface area contributed by atoms with Gasteiger partial charge >= 0.3 is 6.18 Å². The van der Waals surface area contributed by atoms with Gasteiger partial charge in [-0.15, -0.1) is 0 Å². The van der Waals surface area contributed by atoms with E-state index in [1.165, 1.54) is 17.7 Å². The van der Waals surface area contributed by atoms with Crippen LogP contribution < -0.4 is 10.9 Å². The smallest absolute Gasteiger partial charge is 0.299 e. The number of nitrogens with one attached hydrogen (secondary N) is 2. The average Bonchev–Trinajstić information content (AvgIpc) is 3.28. The summed E-state index contributed by atoms with van der Waals surface area (Å²) in [5.41, 5.74) is 9.02. The van der Waals surface area contributed by atoms with Crippen molar-refractivity contribution < 1.29 is 13.2 Å². The summed E-state index contributed by atoms with van der Waals surface area (Å²) >= 11 is 0. The van der Waals surface area contributed by atoms with Gasteiger partial charge in [-0.3, -0.25) is 20.4 Å². The van der Waals surface area contributed by atoms with E-state index in [9.17, 15) is 13.2 Å². The first-order chi connectivity index (χ1) is 13.8. The van der Waals surface area contributed by atoms with Gasteiger partial charge in [0.2, 0.25) is 0 Å². The standard InChI is InChI=1S/C21H28F3N5/c1-14-17(11-28(2)27-14)13-29-8-4-6-16(12-29)20-19(10-25-26-20)15-5-3-7-18(9-15)21(22,23)24/h3,5,7,9,11,16,19-20,25-26H,4,6,8,10,12-13H2,1-2H3. The number of nitrogens with zero attached hydrogens (tertiary/aromatic N) is 3. The van der Waals surface area contributed by atoms with E-state index in [1.807, 2.05) is 24.7 Å². The lowest BCUT2D eigenvalue weighted by molar-refractivity contribution is -0.137. The largest absolute Gasteiger partial charge is 0.416 e. The highest BCUT2D eigenvalue weighted by Gasteiger charge is 2.38. The summed E-state index contributed by atoms with van der Waals surface area (Å²) in [7, 11) is 1.93. The molecule has 29 heavy (non-hydrogen) atoms. The molecule has 0 radical (unpaired) electrons. The maximum atomic E-state index is 13.2. The summed E-state index contributed by atoms with van der Waals surface area (Å²) in [5.74, 6) is 0.414. The Bertz CT molecular complexity index is 847. The van der Waals surface area contributed by atoms with E-state index < -0.39 is 11.7 Å². The Balaban J connectivity index is 1.48. The monoisotopic (exact) mass is 407 g/mol. The molecule has 8 heteroatoms. The third-order valence-electron chi connectivity index (χ3n) is 6.23. The summed E-state index contributed by atoms with van der Waals surface area (Å²) in [4.78, 5) is 2.45. The Morgan fingerprint density at radius 3 is 2.83 bits per heavy atom. The molecule has 158 valence electrons. The second-order valence-electron chi connectivity index (χ2n) is 8.33. The van der Waals surface area contributed by atoms with E-state index in [1.54, 1.807) is 0 Å². The van der Waals surface area contributed by atoms with Crippen LogP contribution >= 0.6 is 0 Å². The molecule has 2 fully saturated rings. The van der Waals surface area contributed by atoms with Gasteiger partial charge in [0.05, 0.1) is 11.3 Å². The van der Waals surface area contributed by atoms with E-state index in [2.05, 4.69) is 27.0 Å². The molecule has 0 bridgehead atoms. The second kappa shape index (κ2) is 8.08. The molecule has 3 unspecified atom stereocenters. The predicted octanol–water partition coefficient (Wildman–Crippen LogP) is 3.22. The molecule has 0 saturated carbocycles. The van der Waals surface area contributed by atoms with Crippen LogP contribution in [0.15, 0.2) is 30.5 Å². The number of rotatable bonds is 4. The number of hydrogen-bond acceptors (Lipinski definition) is 4. The molecule has 2 N–H and O–H groups in total. The zero-order valence-corrected chi connectivity index (χ0v) is 16.8. The summed E-state index contributed by atoms with van der Waals surface area (Å²) in [6.45, 7) is 5.51. The molecule has 1 aromatic heterocycles. The SMILES string of the molecule is Cc1nn(C)cc1CN1CCCC(C2NNCC2c2cccc(C(F)(F)F)c2)C1. The molecule has 0 aliphatic carbocycles. The Morgan fingerprint density at radius 2 is 2.10 bits per heavy atom. The molecular formula is C21H28F3N5. The molecule has 1 aromatic carbocycles. The first kappa shape index (κ1) is 20.4. The van der Waals surface area contributed by atoms with Crippen LogP contribution in [0.2, 0.25) is 0 Å². The lowest BCUT2D eigenvalue weighted by atomic mass is 9.80. The predicted molar refractivity (Wildman–Crippen MR) is 105 cm³/mol. The van der Waals surface area contributed by atoms with Gasteiger partial charge in [-0.1, -0.05) is 18.2 Å². The van der Waals surface area contributed by atoms with Gasteiger partial charge in [0.15, 0.2) is 0 Å². The van der Waals surface area contributed by atoms with Crippen molar-refractivity contribution >= 4 is 0 Å². The normalized spacial score (nSPS) is 26.2. The molecule has 0 spiro atoms. The number of hydrogen-bond donors (Lipinski definition) is 2. The Morgan fingerprint density at radius 1 is 1.28 bits per heavy atom. The number of piperidine rings is 1. The van der Waals surface area contributed by atoms with E-state index in [4.69, 9.17) is 0 Å². The summed E-state index contributed by atoms with van der Waals surface area (Å²) in [5, 5.41) is 4.43. The molecule has 4 rings (SSSR count). The van der Waals surface area contributed by atoms with Gasteiger partial charge in [-0.25, -0.2) is 0 Å². The highest BCUT2D eigenvalue weighted by atomic mass is 19.4. The molecule has 2 aromatic rings. The highest BCUT2D eigenvalue weighted by Crippen LogP contribution is 2.35. The van der Waals surface area contributed by atoms with Crippen molar-refractivity contribution in [3.05, 3.63) is 52.8 Å². The van der Waals surface area contributed by atoms with Crippen molar-refractivity contribution in [2.45, 2.75) is 44.4 Å². The molecule has 3 atom stereocenters. The molecule has 2 aliphatic heterocycles. The van der Waals surface area contributed by atoms with E-state index >= 15 is 0 Å². The van der Waals surface area contributed by atoms with Crippen LogP contribution in [0, 0.1) is 12.8 Å². The zero-order chi connectivity index (χ0) is 20.6. The lowest BCUT2D eigenvalue weighted by Gasteiger charge is -2.37. The second-order valence-corrected chi connectivity index (χ2v) is 8.33. The quantitative estimate of drug-likeness (QED) is 0.817. The van der Waals surface area contributed by atoms with Crippen molar-refractivity contribution in [3.8, 4) is 0 Å². The van der Waals surface area contributed by atoms with Gasteiger partial charge in [-0.2, -0.15) is 18.3 Å². The third-order valence-corrected chi connectivity index (χ3v) is 6.23. The van der Waals surface area contributed by atoms with Crippen molar-refractivity contribution in [1.82, 2.24) is 25.5 Å². The maximum absolute atomic E-state index is 13.2. The van der Waals surface area contributed by atoms with E-state index in [-0.39, 0.29) is 12.0 Å². The first-order valence-corrected chi connectivity index (χ1v) is 10.2. The number of alkyl halides is 3. The van der Waals surface area contributed by atoms with Crippen LogP contribution in [0.3, 0.4) is 0 Å². The average molecular weight is 407 g/mol. The molecule has 0 amide bonds. The minimum Gasteiger partial charge on any atom is -0.299 e. The molecule has 2 saturated heterocycles. The number of aromatic nitrogens is 2. The van der Waals surface area contributed by atoms with Crippen molar-refractivity contribution in [2.75, 3.05) is 19.6 Å². The molecule has 5 nitrogen and oxygen atoms in total. The van der Waals surface area contributed by atoms with Crippen LogP contribution in [-0.4, -0.2) is 40.4 Å². The molecule has 2 aliphatic rings. The van der Waals surface area contributed by atoms with Crippen LogP contribution in [0.4, 0.5) is 13.2 Å². The molecular weight excluding hydrogens is 379 g/mol. The number of aryl methyl sites for hydroxylation is 2. The van der Waals surface area contributed by atoms with Gasteiger partial charge in [0, 0.05) is 50.4 Å². The fourth-order valence-corrected chi connectivity index (χ4v) is 4.80. The Hall–Kier alpha value is -1.90. The van der Waals surface area contributed by atoms with E-state index in [0.717, 1.165) is 49.8 Å². The van der Waals surface area contributed by atoms with Crippen LogP contribution in [0.25, 0.3) is 0 Å². The minimum absolute atomic E-state index is 0.0300. The topological polar surface area (TPSA) is 45.1 Å². The van der Waals surface area contributed by atoms with E-state index in [0.29, 0.717) is 12.5 Å². The van der Waals surface area contributed by atoms with Crippen LogP contribution in [0.1, 0.15) is 41.1 Å². The fourth-order valence-electron chi connectivity index (χ4n) is 4.80. The van der Waals surface area contributed by atoms with Crippen molar-refractivity contribution in [2.24, 2.45) is 13.0 Å². The zero-order valence-electron chi connectivity index (χ0n) is 16.8. The summed E-state index contributed by atoms with van der Waals surface area (Å²) in [6, 6.07) is 5.92. The fraction of sp³-hybridized carbons (Fsp3) is 0.571. The number of likely N-dealkylation sites (tertiary alicyclic amines) is 1. The Kier molecular flexibility index (Phi) is 5.68. The van der Waals surface area contributed by atoms with Crippen LogP contribution in [0.5, 0.6) is 0 Å². The van der Waals surface area contributed by atoms with Crippen LogP contribution in [-0.2, 0) is 19.8 Å². The Labute approximate surface area is 169 Å².